The maximum Gasteiger partial charge on any atom is 0.408 e. The molecule has 1 aliphatic rings. The van der Waals surface area contributed by atoms with Crippen LogP contribution in [0.25, 0.3) is 17.0 Å². The largest absolute Gasteiger partial charge is 0.467 e. The van der Waals surface area contributed by atoms with Crippen molar-refractivity contribution in [1.82, 2.24) is 10.3 Å². The second-order valence-corrected chi connectivity index (χ2v) is 8.67. The Bertz CT molecular complexity index is 1010. The summed E-state index contributed by atoms with van der Waals surface area (Å²) in [6.07, 6.45) is 2.96. The van der Waals surface area contributed by atoms with Gasteiger partial charge in [-0.25, -0.2) is 9.59 Å². The fraction of sp³-hybridized carbons (Fsp3) is 0.458. The minimum Gasteiger partial charge on any atom is -0.467 e. The van der Waals surface area contributed by atoms with Gasteiger partial charge in [0.1, 0.15) is 5.60 Å². The summed E-state index contributed by atoms with van der Waals surface area (Å²) in [7, 11) is 1.32. The van der Waals surface area contributed by atoms with E-state index in [9.17, 15) is 9.59 Å². The Hall–Kier alpha value is -2.97. The number of nitrogens with one attached hydrogen (secondary N) is 1. The van der Waals surface area contributed by atoms with E-state index in [0.717, 1.165) is 16.5 Å². The molecule has 1 amide bonds. The second kappa shape index (κ2) is 9.67. The van der Waals surface area contributed by atoms with Crippen LogP contribution in [0.1, 0.15) is 45.0 Å². The second-order valence-electron chi connectivity index (χ2n) is 8.67. The normalized spacial score (nSPS) is 20.2. The monoisotopic (exact) mass is 442 g/mol. The Morgan fingerprint density at radius 3 is 2.62 bits per heavy atom. The zero-order valence-electron chi connectivity index (χ0n) is 19.1. The minimum absolute atomic E-state index is 0.0972. The molecule has 1 aromatic heterocycles. The summed E-state index contributed by atoms with van der Waals surface area (Å²) in [6, 6.07) is 9.28. The van der Waals surface area contributed by atoms with E-state index in [2.05, 4.69) is 5.32 Å². The van der Waals surface area contributed by atoms with Gasteiger partial charge in [-0.2, -0.15) is 0 Å². The van der Waals surface area contributed by atoms with E-state index in [1.54, 1.807) is 12.2 Å². The third-order valence-corrected chi connectivity index (χ3v) is 4.89. The molecular formula is C24H30N2O6. The number of hydrogen-bond donors (Lipinski definition) is 1. The van der Waals surface area contributed by atoms with Crippen LogP contribution in [0, 0.1) is 0 Å². The number of pyridine rings is 1. The van der Waals surface area contributed by atoms with E-state index in [-0.39, 0.29) is 12.6 Å². The first-order valence-corrected chi connectivity index (χ1v) is 10.5. The molecule has 0 spiro atoms. The Balaban J connectivity index is 1.81. The van der Waals surface area contributed by atoms with Crippen LogP contribution in [-0.2, 0) is 23.7 Å². The van der Waals surface area contributed by atoms with Crippen molar-refractivity contribution in [3.63, 3.8) is 0 Å². The number of methoxy groups -OCH3 is 1. The van der Waals surface area contributed by atoms with E-state index in [0.29, 0.717) is 18.9 Å². The first-order valence-electron chi connectivity index (χ1n) is 10.5. The van der Waals surface area contributed by atoms with E-state index in [1.807, 2.05) is 58.0 Å². The van der Waals surface area contributed by atoms with Crippen LogP contribution in [0.5, 0.6) is 0 Å². The van der Waals surface area contributed by atoms with Gasteiger partial charge >= 0.3 is 12.1 Å². The molecule has 3 rings (SSSR count). The van der Waals surface area contributed by atoms with Gasteiger partial charge in [0.2, 0.25) is 5.60 Å². The average molecular weight is 443 g/mol. The predicted molar refractivity (Wildman–Crippen MR) is 120 cm³/mol. The maximum absolute atomic E-state index is 12.3. The van der Waals surface area contributed by atoms with E-state index >= 15 is 0 Å². The molecule has 2 heterocycles. The maximum atomic E-state index is 12.3. The molecular weight excluding hydrogens is 412 g/mol. The molecule has 32 heavy (non-hydrogen) atoms. The number of aromatic nitrogens is 1. The third kappa shape index (κ3) is 5.83. The van der Waals surface area contributed by atoms with Crippen LogP contribution < -0.4 is 5.32 Å². The fourth-order valence-corrected chi connectivity index (χ4v) is 3.29. The molecule has 1 aromatic carbocycles. The number of ether oxygens (including phenoxy) is 4. The zero-order chi connectivity index (χ0) is 23.4. The van der Waals surface area contributed by atoms with Crippen LogP contribution in [0.4, 0.5) is 4.79 Å². The van der Waals surface area contributed by atoms with Gasteiger partial charge in [-0.05, 0) is 51.5 Å². The summed E-state index contributed by atoms with van der Waals surface area (Å²) in [4.78, 5) is 29.1. The highest BCUT2D eigenvalue weighted by molar-refractivity contribution is 5.85. The summed E-state index contributed by atoms with van der Waals surface area (Å²) >= 11 is 0. The summed E-state index contributed by atoms with van der Waals surface area (Å²) in [5.41, 5.74) is 0.474. The number of carbonyl (C=O) groups excluding carboxylic acids is 2. The molecule has 2 aromatic rings. The van der Waals surface area contributed by atoms with Crippen molar-refractivity contribution in [2.45, 2.75) is 44.9 Å². The van der Waals surface area contributed by atoms with Gasteiger partial charge < -0.3 is 24.3 Å². The number of amides is 1. The summed E-state index contributed by atoms with van der Waals surface area (Å²) in [6.45, 7) is 8.14. The lowest BCUT2D eigenvalue weighted by atomic mass is 10.0. The van der Waals surface area contributed by atoms with Gasteiger partial charge in [-0.3, -0.25) is 4.98 Å². The molecule has 1 N–H and O–H groups in total. The SMILES string of the molecule is COC(=O)C1(C=Cc2ccc3ccc(C(C)NC(=O)OC(C)(C)C)nc3c2)COCCO1. The van der Waals surface area contributed by atoms with E-state index in [1.165, 1.54) is 7.11 Å². The number of nitrogens with zero attached hydrogens (tertiary/aromatic N) is 1. The topological polar surface area (TPSA) is 96.0 Å². The lowest BCUT2D eigenvalue weighted by Crippen LogP contribution is -2.49. The van der Waals surface area contributed by atoms with E-state index < -0.39 is 23.3 Å². The molecule has 1 saturated heterocycles. The van der Waals surface area contributed by atoms with E-state index in [4.69, 9.17) is 23.9 Å². The molecule has 0 saturated carbocycles. The van der Waals surface area contributed by atoms with Gasteiger partial charge in [0.15, 0.2) is 0 Å². The van der Waals surface area contributed by atoms with Gasteiger partial charge in [-0.15, -0.1) is 0 Å². The molecule has 0 bridgehead atoms. The third-order valence-electron chi connectivity index (χ3n) is 4.89. The minimum atomic E-state index is -1.26. The highest BCUT2D eigenvalue weighted by Gasteiger charge is 2.41. The quantitative estimate of drug-likeness (QED) is 0.704. The Morgan fingerprint density at radius 2 is 1.97 bits per heavy atom. The highest BCUT2D eigenvalue weighted by Crippen LogP contribution is 2.23. The number of rotatable bonds is 5. The van der Waals surface area contributed by atoms with Crippen molar-refractivity contribution in [3.05, 3.63) is 47.7 Å². The van der Waals surface area contributed by atoms with Crippen LogP contribution >= 0.6 is 0 Å². The van der Waals surface area contributed by atoms with Crippen LogP contribution in [0.3, 0.4) is 0 Å². The molecule has 1 aliphatic heterocycles. The first kappa shape index (κ1) is 23.7. The number of benzene rings is 1. The van der Waals surface area contributed by atoms with Gasteiger partial charge in [0, 0.05) is 5.39 Å². The van der Waals surface area contributed by atoms with Crippen molar-refractivity contribution in [2.24, 2.45) is 0 Å². The fourth-order valence-electron chi connectivity index (χ4n) is 3.29. The van der Waals surface area contributed by atoms with Gasteiger partial charge in [-0.1, -0.05) is 24.3 Å². The Labute approximate surface area is 187 Å². The number of esters is 1. The smallest absolute Gasteiger partial charge is 0.408 e. The van der Waals surface area contributed by atoms with Crippen molar-refractivity contribution in [2.75, 3.05) is 26.9 Å². The Morgan fingerprint density at radius 1 is 1.22 bits per heavy atom. The molecule has 172 valence electrons. The summed E-state index contributed by atoms with van der Waals surface area (Å²) in [5.74, 6) is -0.503. The lowest BCUT2D eigenvalue weighted by molar-refractivity contribution is -0.184. The standard InChI is InChI=1S/C24H30N2O6/c1-16(25-22(28)32-23(2,3)4)19-9-8-18-7-6-17(14-20(18)26-19)10-11-24(21(27)29-5)15-30-12-13-31-24/h6-11,14,16H,12-13,15H2,1-5H3,(H,25,28). The van der Waals surface area contributed by atoms with Crippen LogP contribution in [0.15, 0.2) is 36.4 Å². The average Bonchev–Trinajstić information content (AvgIpc) is 2.75. The number of carbonyl (C=O) groups is 2. The van der Waals surface area contributed by atoms with Crippen molar-refractivity contribution in [3.8, 4) is 0 Å². The number of fused-ring (bicyclic) bond motifs is 1. The molecule has 0 radical (unpaired) electrons. The molecule has 8 heteroatoms. The van der Waals surface area contributed by atoms with Gasteiger partial charge in [0.05, 0.1) is 44.2 Å². The molecule has 2 atom stereocenters. The van der Waals surface area contributed by atoms with Crippen LogP contribution in [0.2, 0.25) is 0 Å². The lowest BCUT2D eigenvalue weighted by Gasteiger charge is -2.31. The van der Waals surface area contributed by atoms with Gasteiger partial charge in [0.25, 0.3) is 0 Å². The van der Waals surface area contributed by atoms with Crippen molar-refractivity contribution >= 4 is 29.0 Å². The van der Waals surface area contributed by atoms with Crippen molar-refractivity contribution in [1.29, 1.82) is 0 Å². The molecule has 2 unspecified atom stereocenters. The van der Waals surface area contributed by atoms with Crippen molar-refractivity contribution < 1.29 is 28.5 Å². The molecule has 8 nitrogen and oxygen atoms in total. The number of hydrogen-bond acceptors (Lipinski definition) is 7. The summed E-state index contributed by atoms with van der Waals surface area (Å²) in [5, 5.41) is 3.76. The predicted octanol–water partition coefficient (Wildman–Crippen LogP) is 3.79. The Kier molecular flexibility index (Phi) is 7.16. The first-order chi connectivity index (χ1) is 15.1. The van der Waals surface area contributed by atoms with Crippen LogP contribution in [-0.4, -0.2) is 55.2 Å². The highest BCUT2D eigenvalue weighted by atomic mass is 16.6. The molecule has 0 aliphatic carbocycles. The summed E-state index contributed by atoms with van der Waals surface area (Å²) < 4.78 is 21.4. The number of alkyl carbamates (subject to hydrolysis) is 1. The molecule has 1 fully saturated rings. The zero-order valence-corrected chi connectivity index (χ0v) is 19.1.